The molecule has 1 aromatic carbocycles. The molecule has 0 saturated carbocycles. The molecule has 13 nitrogen and oxygen atoms in total. The van der Waals surface area contributed by atoms with Crippen molar-refractivity contribution in [1.82, 2.24) is 10.0 Å². The first-order valence-electron chi connectivity index (χ1n) is 7.60. The minimum absolute atomic E-state index is 0.192. The number of imide groups is 1. The quantitative estimate of drug-likeness (QED) is 0.272. The van der Waals surface area contributed by atoms with Crippen LogP contribution < -0.4 is 20.7 Å². The Morgan fingerprint density at radius 1 is 1.32 bits per heavy atom. The summed E-state index contributed by atoms with van der Waals surface area (Å²) in [6, 6.07) is 2.10. The Labute approximate surface area is 160 Å². The number of esters is 1. The number of rotatable bonds is 8. The average molecular weight is 417 g/mol. The maximum Gasteiger partial charge on any atom is 0.321 e. The number of hydrogen-bond donors (Lipinski definition) is 3. The fourth-order valence-corrected chi connectivity index (χ4v) is 2.94. The third-order valence-electron chi connectivity index (χ3n) is 3.27. The SMILES string of the molecule is C[C@H](OC(=O)CNS(=O)(=O)c1ccc(N(C)C)c([N+](=O)[O-])c1)C(=O)NC(N)=O. The van der Waals surface area contributed by atoms with Gasteiger partial charge >= 0.3 is 12.0 Å². The fraction of sp³-hybridized carbons (Fsp3) is 0.357. The smallest absolute Gasteiger partial charge is 0.321 e. The van der Waals surface area contributed by atoms with Crippen molar-refractivity contribution >= 4 is 39.3 Å². The number of ether oxygens (including phenoxy) is 1. The van der Waals surface area contributed by atoms with Crippen LogP contribution in [0.25, 0.3) is 0 Å². The van der Waals surface area contributed by atoms with E-state index in [1.54, 1.807) is 19.4 Å². The number of nitro groups is 1. The Hall–Kier alpha value is -3.26. The number of carbonyl (C=O) groups is 3. The van der Waals surface area contributed by atoms with Crippen molar-refractivity contribution in [1.29, 1.82) is 0 Å². The topological polar surface area (TPSA) is 191 Å². The minimum atomic E-state index is -4.28. The van der Waals surface area contributed by atoms with Crippen LogP contribution >= 0.6 is 0 Å². The van der Waals surface area contributed by atoms with Crippen LogP contribution in [-0.2, 0) is 24.3 Å². The molecule has 0 radical (unpaired) electrons. The summed E-state index contributed by atoms with van der Waals surface area (Å²) in [5.74, 6) is -2.10. The Bertz CT molecular complexity index is 899. The second-order valence-corrected chi connectivity index (χ2v) is 7.38. The molecule has 3 amide bonds. The van der Waals surface area contributed by atoms with E-state index >= 15 is 0 Å². The molecule has 0 fully saturated rings. The van der Waals surface area contributed by atoms with E-state index in [0.717, 1.165) is 19.1 Å². The molecule has 0 aliphatic heterocycles. The summed E-state index contributed by atoms with van der Waals surface area (Å²) in [4.78, 5) is 45.1. The zero-order valence-electron chi connectivity index (χ0n) is 15.2. The first kappa shape index (κ1) is 22.8. The van der Waals surface area contributed by atoms with E-state index in [0.29, 0.717) is 0 Å². The number of nitrogens with one attached hydrogen (secondary N) is 2. The van der Waals surface area contributed by atoms with E-state index in [1.807, 2.05) is 4.72 Å². The second kappa shape index (κ2) is 9.09. The molecular formula is C14H19N5O8S. The predicted octanol–water partition coefficient (Wildman–Crippen LogP) is -0.934. The molecule has 0 heterocycles. The van der Waals surface area contributed by atoms with Crippen molar-refractivity contribution in [2.45, 2.75) is 17.9 Å². The lowest BCUT2D eigenvalue weighted by molar-refractivity contribution is -0.384. The molecule has 0 aromatic heterocycles. The Morgan fingerprint density at radius 2 is 1.93 bits per heavy atom. The van der Waals surface area contributed by atoms with E-state index in [9.17, 15) is 32.9 Å². The van der Waals surface area contributed by atoms with Crippen molar-refractivity contribution < 1.29 is 32.5 Å². The van der Waals surface area contributed by atoms with Gasteiger partial charge in [0.05, 0.1) is 9.82 Å². The highest BCUT2D eigenvalue weighted by molar-refractivity contribution is 7.89. The number of benzene rings is 1. The summed E-state index contributed by atoms with van der Waals surface area (Å²) in [6.07, 6.45) is -1.40. The minimum Gasteiger partial charge on any atom is -0.452 e. The van der Waals surface area contributed by atoms with E-state index < -0.39 is 56.1 Å². The number of anilines is 1. The number of carbonyl (C=O) groups excluding carboxylic acids is 3. The zero-order chi connectivity index (χ0) is 21.6. The van der Waals surface area contributed by atoms with Crippen LogP contribution in [0.2, 0.25) is 0 Å². The fourth-order valence-electron chi connectivity index (χ4n) is 1.95. The van der Waals surface area contributed by atoms with Crippen LogP contribution in [0.1, 0.15) is 6.92 Å². The number of amides is 3. The molecule has 0 bridgehead atoms. The number of sulfonamides is 1. The first-order valence-corrected chi connectivity index (χ1v) is 9.08. The van der Waals surface area contributed by atoms with E-state index in [1.165, 1.54) is 11.0 Å². The van der Waals surface area contributed by atoms with Gasteiger partial charge in [-0.15, -0.1) is 0 Å². The van der Waals surface area contributed by atoms with Gasteiger partial charge in [-0.25, -0.2) is 13.2 Å². The van der Waals surface area contributed by atoms with Gasteiger partial charge in [-0.2, -0.15) is 4.72 Å². The maximum absolute atomic E-state index is 12.3. The van der Waals surface area contributed by atoms with Gasteiger partial charge in [0, 0.05) is 20.2 Å². The zero-order valence-corrected chi connectivity index (χ0v) is 16.0. The van der Waals surface area contributed by atoms with Gasteiger partial charge in [0.15, 0.2) is 6.10 Å². The number of hydrogen-bond acceptors (Lipinski definition) is 9. The van der Waals surface area contributed by atoms with Gasteiger partial charge in [-0.1, -0.05) is 0 Å². The summed E-state index contributed by atoms with van der Waals surface area (Å²) < 4.78 is 31.1. The van der Waals surface area contributed by atoms with Gasteiger partial charge in [-0.3, -0.25) is 25.0 Å². The molecule has 0 unspecified atom stereocenters. The summed E-state index contributed by atoms with van der Waals surface area (Å²) >= 11 is 0. The monoisotopic (exact) mass is 417 g/mol. The van der Waals surface area contributed by atoms with Crippen molar-refractivity contribution in [2.24, 2.45) is 5.73 Å². The van der Waals surface area contributed by atoms with Crippen molar-refractivity contribution in [3.63, 3.8) is 0 Å². The second-order valence-electron chi connectivity index (χ2n) is 5.61. The normalized spacial score (nSPS) is 12.0. The number of nitro benzene ring substituents is 1. The van der Waals surface area contributed by atoms with Crippen LogP contribution in [0, 0.1) is 10.1 Å². The van der Waals surface area contributed by atoms with Crippen molar-refractivity contribution in [3.8, 4) is 0 Å². The lowest BCUT2D eigenvalue weighted by Gasteiger charge is -2.14. The Morgan fingerprint density at radius 3 is 2.43 bits per heavy atom. The maximum atomic E-state index is 12.3. The molecule has 154 valence electrons. The van der Waals surface area contributed by atoms with Gasteiger partial charge in [0.1, 0.15) is 12.2 Å². The molecule has 0 aliphatic rings. The van der Waals surface area contributed by atoms with Crippen LogP contribution in [-0.4, -0.2) is 58.0 Å². The highest BCUT2D eigenvalue weighted by atomic mass is 32.2. The lowest BCUT2D eigenvalue weighted by atomic mass is 10.2. The summed E-state index contributed by atoms with van der Waals surface area (Å²) in [5, 5.41) is 12.8. The predicted molar refractivity (Wildman–Crippen MR) is 95.9 cm³/mol. The third-order valence-corrected chi connectivity index (χ3v) is 4.66. The molecule has 4 N–H and O–H groups in total. The molecule has 14 heteroatoms. The van der Waals surface area contributed by atoms with Crippen molar-refractivity contribution in [3.05, 3.63) is 28.3 Å². The molecule has 0 aliphatic carbocycles. The highest BCUT2D eigenvalue weighted by Gasteiger charge is 2.24. The van der Waals surface area contributed by atoms with Gasteiger partial charge in [-0.05, 0) is 19.1 Å². The number of urea groups is 1. The number of nitrogens with two attached hydrogens (primary N) is 1. The van der Waals surface area contributed by atoms with Gasteiger partial charge < -0.3 is 15.4 Å². The van der Waals surface area contributed by atoms with Gasteiger partial charge in [0.25, 0.3) is 11.6 Å². The summed E-state index contributed by atoms with van der Waals surface area (Å²) in [6.45, 7) is 0.299. The van der Waals surface area contributed by atoms with E-state index in [4.69, 9.17) is 5.73 Å². The lowest BCUT2D eigenvalue weighted by Crippen LogP contribution is -2.43. The van der Waals surface area contributed by atoms with Crippen LogP contribution in [0.5, 0.6) is 0 Å². The summed E-state index contributed by atoms with van der Waals surface area (Å²) in [7, 11) is -1.17. The third kappa shape index (κ3) is 6.17. The molecular weight excluding hydrogens is 398 g/mol. The molecule has 1 atom stereocenters. The standard InChI is InChI=1S/C14H19N5O8S/c1-8(13(21)17-14(15)22)27-12(20)7-16-28(25,26)9-4-5-10(18(2)3)11(6-9)19(23)24/h4-6,8,16H,7H2,1-3H3,(H3,15,17,21,22)/t8-/m0/s1. The molecule has 1 rings (SSSR count). The van der Waals surface area contributed by atoms with Crippen LogP contribution in [0.3, 0.4) is 0 Å². The summed E-state index contributed by atoms with van der Waals surface area (Å²) in [5.41, 5.74) is 4.51. The average Bonchev–Trinajstić information content (AvgIpc) is 2.58. The number of primary amides is 1. The highest BCUT2D eigenvalue weighted by Crippen LogP contribution is 2.29. The Kier molecular flexibility index (Phi) is 7.40. The van der Waals surface area contributed by atoms with Crippen LogP contribution in [0.4, 0.5) is 16.2 Å². The molecule has 0 spiro atoms. The molecule has 28 heavy (non-hydrogen) atoms. The molecule has 0 saturated heterocycles. The number of nitrogens with zero attached hydrogens (tertiary/aromatic N) is 2. The first-order chi connectivity index (χ1) is 12.8. The van der Waals surface area contributed by atoms with Gasteiger partial charge in [0.2, 0.25) is 10.0 Å². The van der Waals surface area contributed by atoms with Crippen LogP contribution in [0.15, 0.2) is 23.1 Å². The molecule has 1 aromatic rings. The largest absolute Gasteiger partial charge is 0.452 e. The van der Waals surface area contributed by atoms with E-state index in [2.05, 4.69) is 4.74 Å². The Balaban J connectivity index is 2.85. The van der Waals surface area contributed by atoms with Crippen molar-refractivity contribution in [2.75, 3.05) is 25.5 Å². The van der Waals surface area contributed by atoms with E-state index in [-0.39, 0.29) is 5.69 Å².